The molecule has 2 heterocycles. The van der Waals surface area contributed by atoms with E-state index >= 15 is 0 Å². The average Bonchev–Trinajstić information content (AvgIpc) is 2.98. The molecule has 2 aromatic rings. The van der Waals surface area contributed by atoms with Gasteiger partial charge >= 0.3 is 5.97 Å². The van der Waals surface area contributed by atoms with Crippen LogP contribution in [0.15, 0.2) is 30.5 Å². The second kappa shape index (κ2) is 6.95. The molecule has 1 aromatic heterocycles. The van der Waals surface area contributed by atoms with Gasteiger partial charge in [0.2, 0.25) is 0 Å². The lowest BCUT2D eigenvalue weighted by Gasteiger charge is -2.42. The number of likely N-dealkylation sites (tertiary alicyclic amines) is 1. The third-order valence-electron chi connectivity index (χ3n) is 5.44. The zero-order valence-electron chi connectivity index (χ0n) is 14.2. The Morgan fingerprint density at radius 3 is 2.92 bits per heavy atom. The molecule has 0 bridgehead atoms. The number of piperidine rings is 1. The molecule has 3 rings (SSSR count). The maximum atomic E-state index is 11.7. The maximum Gasteiger partial charge on any atom is 0.312 e. The largest absolute Gasteiger partial charge is 0.481 e. The molecule has 0 radical (unpaired) electrons. The third kappa shape index (κ3) is 3.06. The SMILES string of the molecule is CCC[C@]1(C(=O)O)CCN(CCc2c[nH]c3ccccc23)C[C@H]1O. The number of aliphatic hydroxyl groups is 1. The van der Waals surface area contributed by atoms with Crippen LogP contribution in [-0.4, -0.2) is 51.8 Å². The monoisotopic (exact) mass is 330 g/mol. The van der Waals surface area contributed by atoms with Crippen LogP contribution in [0.1, 0.15) is 31.7 Å². The van der Waals surface area contributed by atoms with Crippen molar-refractivity contribution in [3.63, 3.8) is 0 Å². The Kier molecular flexibility index (Phi) is 4.92. The first-order chi connectivity index (χ1) is 11.6. The molecule has 1 aliphatic heterocycles. The molecule has 0 unspecified atom stereocenters. The highest BCUT2D eigenvalue weighted by Gasteiger charge is 2.47. The van der Waals surface area contributed by atoms with E-state index in [-0.39, 0.29) is 0 Å². The van der Waals surface area contributed by atoms with Crippen molar-refractivity contribution in [1.82, 2.24) is 9.88 Å². The summed E-state index contributed by atoms with van der Waals surface area (Å²) in [7, 11) is 0. The van der Waals surface area contributed by atoms with Crippen molar-refractivity contribution in [1.29, 1.82) is 0 Å². The Balaban J connectivity index is 1.63. The van der Waals surface area contributed by atoms with Gasteiger partial charge in [0.05, 0.1) is 11.5 Å². The van der Waals surface area contributed by atoms with Crippen molar-refractivity contribution < 1.29 is 15.0 Å². The molecule has 3 N–H and O–H groups in total. The van der Waals surface area contributed by atoms with Gasteiger partial charge in [-0.05, 0) is 37.4 Å². The van der Waals surface area contributed by atoms with Crippen molar-refractivity contribution in [2.24, 2.45) is 5.41 Å². The highest BCUT2D eigenvalue weighted by molar-refractivity contribution is 5.83. The van der Waals surface area contributed by atoms with E-state index in [0.29, 0.717) is 19.4 Å². The number of aromatic amines is 1. The predicted octanol–water partition coefficient (Wildman–Crippen LogP) is 2.65. The number of rotatable bonds is 6. The molecular weight excluding hydrogens is 304 g/mol. The summed E-state index contributed by atoms with van der Waals surface area (Å²) < 4.78 is 0. The lowest BCUT2D eigenvalue weighted by Crippen LogP contribution is -2.55. The van der Waals surface area contributed by atoms with Crippen LogP contribution in [0.4, 0.5) is 0 Å². The zero-order valence-corrected chi connectivity index (χ0v) is 14.2. The van der Waals surface area contributed by atoms with Gasteiger partial charge in [-0.15, -0.1) is 0 Å². The summed E-state index contributed by atoms with van der Waals surface area (Å²) in [5.41, 5.74) is 1.44. The Hall–Kier alpha value is -1.85. The van der Waals surface area contributed by atoms with E-state index in [1.165, 1.54) is 10.9 Å². The van der Waals surface area contributed by atoms with E-state index < -0.39 is 17.5 Å². The first-order valence-electron chi connectivity index (χ1n) is 8.75. The number of aromatic nitrogens is 1. The molecule has 24 heavy (non-hydrogen) atoms. The number of carboxylic acids is 1. The van der Waals surface area contributed by atoms with E-state index in [9.17, 15) is 15.0 Å². The van der Waals surface area contributed by atoms with Crippen molar-refractivity contribution in [3.05, 3.63) is 36.0 Å². The van der Waals surface area contributed by atoms with Gasteiger partial charge < -0.3 is 20.1 Å². The summed E-state index contributed by atoms with van der Waals surface area (Å²) in [6.07, 6.45) is 3.98. The Morgan fingerprint density at radius 1 is 1.42 bits per heavy atom. The molecule has 1 saturated heterocycles. The molecular formula is C19H26N2O3. The number of carbonyl (C=O) groups is 1. The molecule has 2 atom stereocenters. The standard InChI is InChI=1S/C19H26N2O3/c1-2-8-19(18(23)24)9-11-21(13-17(19)22)10-7-14-12-20-16-6-4-3-5-15(14)16/h3-6,12,17,20,22H,2,7-11,13H2,1H3,(H,23,24)/t17-,19+/m1/s1. The lowest BCUT2D eigenvalue weighted by atomic mass is 9.73. The number of fused-ring (bicyclic) bond motifs is 1. The highest BCUT2D eigenvalue weighted by Crippen LogP contribution is 2.37. The molecule has 1 fully saturated rings. The fraction of sp³-hybridized carbons (Fsp3) is 0.526. The van der Waals surface area contributed by atoms with Crippen LogP contribution in [0.25, 0.3) is 10.9 Å². The normalized spacial score (nSPS) is 25.2. The van der Waals surface area contributed by atoms with Gasteiger partial charge in [0, 0.05) is 30.2 Å². The Morgan fingerprint density at radius 2 is 2.21 bits per heavy atom. The number of nitrogens with zero attached hydrogens (tertiary/aromatic N) is 1. The fourth-order valence-corrected chi connectivity index (χ4v) is 3.95. The molecule has 0 spiro atoms. The minimum Gasteiger partial charge on any atom is -0.481 e. The molecule has 0 amide bonds. The van der Waals surface area contributed by atoms with Gasteiger partial charge in [0.15, 0.2) is 0 Å². The van der Waals surface area contributed by atoms with Crippen LogP contribution in [0.2, 0.25) is 0 Å². The molecule has 0 saturated carbocycles. The molecule has 0 aliphatic carbocycles. The van der Waals surface area contributed by atoms with Crippen molar-refractivity contribution in [2.45, 2.75) is 38.7 Å². The number of hydrogen-bond donors (Lipinski definition) is 3. The van der Waals surface area contributed by atoms with Gasteiger partial charge in [-0.2, -0.15) is 0 Å². The fourth-order valence-electron chi connectivity index (χ4n) is 3.95. The summed E-state index contributed by atoms with van der Waals surface area (Å²) >= 11 is 0. The smallest absolute Gasteiger partial charge is 0.312 e. The first-order valence-corrected chi connectivity index (χ1v) is 8.75. The number of aliphatic hydroxyl groups excluding tert-OH is 1. The minimum absolute atomic E-state index is 0.439. The second-order valence-corrected chi connectivity index (χ2v) is 6.89. The Bertz CT molecular complexity index is 711. The minimum atomic E-state index is -0.966. The van der Waals surface area contributed by atoms with Crippen LogP contribution >= 0.6 is 0 Å². The van der Waals surface area contributed by atoms with E-state index in [4.69, 9.17) is 0 Å². The molecule has 1 aromatic carbocycles. The summed E-state index contributed by atoms with van der Waals surface area (Å²) in [4.78, 5) is 17.2. The summed E-state index contributed by atoms with van der Waals surface area (Å²) in [6.45, 7) is 3.97. The molecule has 1 aliphatic rings. The number of benzene rings is 1. The Labute approximate surface area is 142 Å². The third-order valence-corrected chi connectivity index (χ3v) is 5.44. The van der Waals surface area contributed by atoms with Crippen molar-refractivity contribution in [2.75, 3.05) is 19.6 Å². The number of hydrogen-bond acceptors (Lipinski definition) is 3. The zero-order chi connectivity index (χ0) is 17.2. The van der Waals surface area contributed by atoms with Crippen LogP contribution in [-0.2, 0) is 11.2 Å². The van der Waals surface area contributed by atoms with Gasteiger partial charge in [-0.3, -0.25) is 4.79 Å². The number of H-pyrrole nitrogens is 1. The summed E-state index contributed by atoms with van der Waals surface area (Å²) in [6, 6.07) is 8.23. The molecule has 130 valence electrons. The lowest BCUT2D eigenvalue weighted by molar-refractivity contribution is -0.163. The van der Waals surface area contributed by atoms with E-state index in [2.05, 4.69) is 22.0 Å². The summed E-state index contributed by atoms with van der Waals surface area (Å²) in [5.74, 6) is -0.854. The van der Waals surface area contributed by atoms with Crippen molar-refractivity contribution in [3.8, 4) is 0 Å². The number of nitrogens with one attached hydrogen (secondary N) is 1. The van der Waals surface area contributed by atoms with E-state index in [1.54, 1.807) is 0 Å². The maximum absolute atomic E-state index is 11.7. The highest BCUT2D eigenvalue weighted by atomic mass is 16.4. The van der Waals surface area contributed by atoms with E-state index in [1.807, 2.05) is 25.3 Å². The van der Waals surface area contributed by atoms with Crippen molar-refractivity contribution >= 4 is 16.9 Å². The van der Waals surface area contributed by atoms with Crippen LogP contribution in [0.3, 0.4) is 0 Å². The van der Waals surface area contributed by atoms with Crippen LogP contribution < -0.4 is 0 Å². The van der Waals surface area contributed by atoms with Crippen LogP contribution in [0.5, 0.6) is 0 Å². The average molecular weight is 330 g/mol. The predicted molar refractivity (Wildman–Crippen MR) is 94.0 cm³/mol. The topological polar surface area (TPSA) is 76.6 Å². The van der Waals surface area contributed by atoms with Gasteiger partial charge in [0.25, 0.3) is 0 Å². The van der Waals surface area contributed by atoms with Crippen LogP contribution in [0, 0.1) is 5.41 Å². The molecule has 5 heteroatoms. The van der Waals surface area contributed by atoms with Gasteiger partial charge in [0.1, 0.15) is 0 Å². The van der Waals surface area contributed by atoms with Gasteiger partial charge in [-0.25, -0.2) is 0 Å². The van der Waals surface area contributed by atoms with E-state index in [0.717, 1.165) is 31.4 Å². The first kappa shape index (κ1) is 17.0. The number of carboxylic acid groups (broad SMARTS) is 1. The number of aliphatic carboxylic acids is 1. The second-order valence-electron chi connectivity index (χ2n) is 6.89. The summed E-state index contributed by atoms with van der Waals surface area (Å²) in [5, 5.41) is 21.3. The quantitative estimate of drug-likeness (QED) is 0.761. The number of β-amino-alcohol motifs (C(OH)–C–C–N with tert-alkyl or cyclic N) is 1. The van der Waals surface area contributed by atoms with Gasteiger partial charge in [-0.1, -0.05) is 31.5 Å². The number of para-hydroxylation sites is 1. The molecule has 5 nitrogen and oxygen atoms in total.